The summed E-state index contributed by atoms with van der Waals surface area (Å²) in [6.45, 7) is 1.05. The van der Waals surface area contributed by atoms with Crippen molar-refractivity contribution in [1.29, 1.82) is 0 Å². The number of hydrogen-bond donors (Lipinski definition) is 2. The van der Waals surface area contributed by atoms with E-state index in [2.05, 4.69) is 9.98 Å². The Labute approximate surface area is 187 Å². The summed E-state index contributed by atoms with van der Waals surface area (Å²) in [7, 11) is 0. The molecule has 164 valence electrons. The van der Waals surface area contributed by atoms with E-state index in [0.29, 0.717) is 47.2 Å². The predicted octanol–water partition coefficient (Wildman–Crippen LogP) is 5.93. The van der Waals surface area contributed by atoms with E-state index in [1.54, 1.807) is 36.7 Å². The normalized spacial score (nSPS) is 14.6. The van der Waals surface area contributed by atoms with Crippen LogP contribution in [0.25, 0.3) is 0 Å². The number of para-hydroxylation sites is 4. The number of aliphatic imine (C=N–C) groups is 2. The SMILES string of the molecule is Oc1c2cccc1OCCCCCCOc1cccc(c1O)C=Nc1ccccc1N=C2. The number of ether oxygens (including phenoxy) is 2. The maximum absolute atomic E-state index is 10.6. The smallest absolute Gasteiger partial charge is 0.166 e. The molecule has 1 heterocycles. The number of hydrogen-bond acceptors (Lipinski definition) is 6. The zero-order chi connectivity index (χ0) is 22.2. The molecule has 0 aliphatic carbocycles. The summed E-state index contributed by atoms with van der Waals surface area (Å²) in [6, 6.07) is 18.2. The molecule has 0 fully saturated rings. The summed E-state index contributed by atoms with van der Waals surface area (Å²) in [5, 5.41) is 21.2. The largest absolute Gasteiger partial charge is 0.504 e. The lowest BCUT2D eigenvalue weighted by Crippen LogP contribution is -2.01. The third-order valence-corrected chi connectivity index (χ3v) is 5.18. The first-order valence-corrected chi connectivity index (χ1v) is 10.8. The van der Waals surface area contributed by atoms with Gasteiger partial charge in [0.2, 0.25) is 0 Å². The van der Waals surface area contributed by atoms with Crippen LogP contribution in [-0.4, -0.2) is 35.9 Å². The zero-order valence-electron chi connectivity index (χ0n) is 17.8. The van der Waals surface area contributed by atoms with Crippen molar-refractivity contribution in [3.05, 3.63) is 71.8 Å². The summed E-state index contributed by atoms with van der Waals surface area (Å²) in [5.74, 6) is 1.04. The predicted molar refractivity (Wildman–Crippen MR) is 127 cm³/mol. The van der Waals surface area contributed by atoms with Crippen molar-refractivity contribution >= 4 is 23.8 Å². The highest BCUT2D eigenvalue weighted by Crippen LogP contribution is 2.33. The topological polar surface area (TPSA) is 83.6 Å². The molecule has 0 amide bonds. The first-order chi connectivity index (χ1) is 15.7. The van der Waals surface area contributed by atoms with Crippen LogP contribution in [0.2, 0.25) is 0 Å². The van der Waals surface area contributed by atoms with Crippen molar-refractivity contribution in [3.8, 4) is 23.0 Å². The maximum Gasteiger partial charge on any atom is 0.166 e. The lowest BCUT2D eigenvalue weighted by atomic mass is 10.2. The minimum Gasteiger partial charge on any atom is -0.504 e. The van der Waals surface area contributed by atoms with E-state index in [9.17, 15) is 10.2 Å². The Bertz CT molecular complexity index is 1040. The van der Waals surface area contributed by atoms with Gasteiger partial charge in [0.1, 0.15) is 0 Å². The number of phenolic OH excluding ortho intramolecular Hbond substituents is 2. The summed E-state index contributed by atoms with van der Waals surface area (Å²) >= 11 is 0. The van der Waals surface area contributed by atoms with Gasteiger partial charge in [-0.2, -0.15) is 0 Å². The minimum absolute atomic E-state index is 0.0711. The molecule has 3 aromatic rings. The quantitative estimate of drug-likeness (QED) is 0.463. The molecule has 0 radical (unpaired) electrons. The van der Waals surface area contributed by atoms with Crippen molar-refractivity contribution < 1.29 is 19.7 Å². The summed E-state index contributed by atoms with van der Waals surface area (Å²) < 4.78 is 11.5. The van der Waals surface area contributed by atoms with Crippen LogP contribution < -0.4 is 9.47 Å². The Kier molecular flexibility index (Phi) is 7.02. The van der Waals surface area contributed by atoms with Crippen LogP contribution in [0.4, 0.5) is 11.4 Å². The highest BCUT2D eigenvalue weighted by atomic mass is 16.5. The first-order valence-electron chi connectivity index (χ1n) is 10.8. The number of phenols is 2. The highest BCUT2D eigenvalue weighted by Gasteiger charge is 2.09. The minimum atomic E-state index is 0.0711. The molecular formula is C26H26N2O4. The molecular weight excluding hydrogens is 404 g/mol. The molecule has 6 nitrogen and oxygen atoms in total. The van der Waals surface area contributed by atoms with Gasteiger partial charge in [-0.15, -0.1) is 0 Å². The van der Waals surface area contributed by atoms with Crippen LogP contribution in [0.15, 0.2) is 70.6 Å². The Hall–Kier alpha value is -3.80. The van der Waals surface area contributed by atoms with E-state index in [-0.39, 0.29) is 11.5 Å². The van der Waals surface area contributed by atoms with Crippen LogP contribution in [0.3, 0.4) is 0 Å². The van der Waals surface area contributed by atoms with Crippen LogP contribution in [0.1, 0.15) is 36.8 Å². The van der Waals surface area contributed by atoms with Crippen LogP contribution in [-0.2, 0) is 0 Å². The number of nitrogens with zero attached hydrogens (tertiary/aromatic N) is 2. The summed E-state index contributed by atoms with van der Waals surface area (Å²) in [6.07, 6.45) is 6.92. The van der Waals surface area contributed by atoms with Crippen LogP contribution in [0, 0.1) is 0 Å². The van der Waals surface area contributed by atoms with Crippen molar-refractivity contribution in [2.24, 2.45) is 9.98 Å². The molecule has 0 atom stereocenters. The van der Waals surface area contributed by atoms with Gasteiger partial charge in [0.05, 0.1) is 24.6 Å². The summed E-state index contributed by atoms with van der Waals surface area (Å²) in [5.41, 5.74) is 2.41. The van der Waals surface area contributed by atoms with Crippen molar-refractivity contribution in [3.63, 3.8) is 0 Å². The molecule has 4 rings (SSSR count). The van der Waals surface area contributed by atoms with Crippen LogP contribution in [0.5, 0.6) is 23.0 Å². The standard InChI is InChI=1S/C26H26N2O4/c29-25-19-9-7-13-23(25)31-15-5-1-2-6-16-32-24-14-8-10-20(26(24)30)18-28-22-12-4-3-11-21(22)27-17-19/h3-4,7-14,17-18,29-30H,1-2,5-6,15-16H2. The Balaban J connectivity index is 1.68. The fourth-order valence-electron chi connectivity index (χ4n) is 3.40. The molecule has 3 aromatic carbocycles. The maximum atomic E-state index is 10.6. The molecule has 2 N–H and O–H groups in total. The number of benzene rings is 3. The van der Waals surface area contributed by atoms with Gasteiger partial charge < -0.3 is 19.7 Å². The van der Waals surface area contributed by atoms with E-state index in [4.69, 9.17) is 9.47 Å². The third kappa shape index (κ3) is 5.27. The molecule has 6 heteroatoms. The first kappa shape index (κ1) is 21.4. The molecule has 1 aliphatic rings. The molecule has 0 spiro atoms. The number of aromatic hydroxyl groups is 2. The number of rotatable bonds is 0. The third-order valence-electron chi connectivity index (χ3n) is 5.18. The van der Waals surface area contributed by atoms with E-state index in [0.717, 1.165) is 25.7 Å². The van der Waals surface area contributed by atoms with Gasteiger partial charge in [0.25, 0.3) is 0 Å². The molecule has 0 saturated heterocycles. The number of fused-ring (bicyclic) bond motifs is 5. The highest BCUT2D eigenvalue weighted by molar-refractivity contribution is 5.90. The van der Waals surface area contributed by atoms with Gasteiger partial charge in [-0.1, -0.05) is 24.3 Å². The fourth-order valence-corrected chi connectivity index (χ4v) is 3.40. The van der Waals surface area contributed by atoms with Gasteiger partial charge in [-0.05, 0) is 62.1 Å². The molecule has 0 unspecified atom stereocenters. The molecule has 0 aromatic heterocycles. The molecule has 32 heavy (non-hydrogen) atoms. The van der Waals surface area contributed by atoms with E-state index < -0.39 is 0 Å². The van der Waals surface area contributed by atoms with Gasteiger partial charge >= 0.3 is 0 Å². The molecule has 4 bridgehead atoms. The lowest BCUT2D eigenvalue weighted by Gasteiger charge is -2.11. The zero-order valence-corrected chi connectivity index (χ0v) is 17.8. The van der Waals surface area contributed by atoms with E-state index in [1.807, 2.05) is 36.4 Å². The average Bonchev–Trinajstić information content (AvgIpc) is 2.81. The Morgan fingerprint density at radius 3 is 1.50 bits per heavy atom. The van der Waals surface area contributed by atoms with Gasteiger partial charge in [-0.3, -0.25) is 9.98 Å². The fraction of sp³-hybridized carbons (Fsp3) is 0.231. The van der Waals surface area contributed by atoms with Gasteiger partial charge in [0.15, 0.2) is 23.0 Å². The second-order valence-electron chi connectivity index (χ2n) is 7.50. The second kappa shape index (κ2) is 10.5. The molecule has 1 aliphatic heterocycles. The summed E-state index contributed by atoms with van der Waals surface area (Å²) in [4.78, 5) is 9.05. The van der Waals surface area contributed by atoms with E-state index >= 15 is 0 Å². The average molecular weight is 431 g/mol. The monoisotopic (exact) mass is 430 g/mol. The van der Waals surface area contributed by atoms with Crippen molar-refractivity contribution in [2.75, 3.05) is 13.2 Å². The molecule has 0 saturated carbocycles. The van der Waals surface area contributed by atoms with Gasteiger partial charge in [0, 0.05) is 23.6 Å². The van der Waals surface area contributed by atoms with Crippen molar-refractivity contribution in [2.45, 2.75) is 25.7 Å². The van der Waals surface area contributed by atoms with Crippen LogP contribution >= 0.6 is 0 Å². The van der Waals surface area contributed by atoms with Crippen molar-refractivity contribution in [1.82, 2.24) is 0 Å². The second-order valence-corrected chi connectivity index (χ2v) is 7.50. The Morgan fingerprint density at radius 2 is 1.03 bits per heavy atom. The lowest BCUT2D eigenvalue weighted by molar-refractivity contribution is 0.274. The van der Waals surface area contributed by atoms with E-state index in [1.165, 1.54) is 0 Å². The van der Waals surface area contributed by atoms with Gasteiger partial charge in [-0.25, -0.2) is 0 Å². The Morgan fingerprint density at radius 1 is 0.562 bits per heavy atom.